The first kappa shape index (κ1) is 23.1. The van der Waals surface area contributed by atoms with E-state index >= 15 is 0 Å². The van der Waals surface area contributed by atoms with Crippen molar-refractivity contribution in [2.45, 2.75) is 58.5 Å². The molecule has 5 nitrogen and oxygen atoms in total. The molecular weight excluding hydrogens is 418 g/mol. The summed E-state index contributed by atoms with van der Waals surface area (Å²) in [4.78, 5) is 27.0. The average Bonchev–Trinajstić information content (AvgIpc) is 2.86. The molecule has 2 aromatic rings. The average molecular weight is 448 g/mol. The van der Waals surface area contributed by atoms with Crippen LogP contribution in [0.2, 0.25) is 19.6 Å². The molecule has 0 radical (unpaired) electrons. The summed E-state index contributed by atoms with van der Waals surface area (Å²) in [5.74, 6) is -3.01. The molecule has 8 heteroatoms. The summed E-state index contributed by atoms with van der Waals surface area (Å²) < 4.78 is 27.1. The molecule has 3 N–H and O–H groups in total. The summed E-state index contributed by atoms with van der Waals surface area (Å²) in [5.41, 5.74) is 6.23. The maximum Gasteiger partial charge on any atom is 0.348 e. The second-order valence-corrected chi connectivity index (χ2v) is 15.2. The number of carbonyl (C=O) groups excluding carboxylic acids is 2. The summed E-state index contributed by atoms with van der Waals surface area (Å²) >= 11 is 0. The van der Waals surface area contributed by atoms with E-state index in [9.17, 15) is 23.5 Å². The van der Waals surface area contributed by atoms with Gasteiger partial charge in [0, 0.05) is 11.1 Å². The summed E-state index contributed by atoms with van der Waals surface area (Å²) in [6, 6.07) is 5.54. The van der Waals surface area contributed by atoms with E-state index in [2.05, 4.69) is 0 Å². The van der Waals surface area contributed by atoms with Gasteiger partial charge in [0.15, 0.2) is 11.6 Å². The highest BCUT2D eigenvalue weighted by atomic mass is 28.3. The highest BCUT2D eigenvalue weighted by molar-refractivity contribution is 6.90. The maximum absolute atomic E-state index is 14.2. The van der Waals surface area contributed by atoms with Crippen LogP contribution < -0.4 is 10.9 Å². The number of aromatic hydroxyl groups is 1. The van der Waals surface area contributed by atoms with E-state index < -0.39 is 41.7 Å². The number of amides is 2. The predicted octanol–water partition coefficient (Wildman–Crippen LogP) is 3.71. The Morgan fingerprint density at radius 1 is 1.13 bits per heavy atom. The van der Waals surface area contributed by atoms with Crippen molar-refractivity contribution >= 4 is 25.1 Å². The van der Waals surface area contributed by atoms with Crippen LogP contribution in [0.15, 0.2) is 30.3 Å². The van der Waals surface area contributed by atoms with Gasteiger partial charge in [0.25, 0.3) is 5.91 Å². The van der Waals surface area contributed by atoms with E-state index in [-0.39, 0.29) is 18.2 Å². The third-order valence-electron chi connectivity index (χ3n) is 6.16. The Bertz CT molecular complexity index is 1090. The van der Waals surface area contributed by atoms with Crippen molar-refractivity contribution in [1.82, 2.24) is 0 Å². The molecule has 0 aromatic heterocycles. The lowest BCUT2D eigenvalue weighted by molar-refractivity contribution is -0.924. The lowest BCUT2D eigenvalue weighted by atomic mass is 9.94. The number of fused-ring (bicyclic) bond motifs is 1. The quantitative estimate of drug-likeness (QED) is 0.554. The molecule has 2 aromatic carbocycles. The van der Waals surface area contributed by atoms with E-state index in [0.29, 0.717) is 21.9 Å². The van der Waals surface area contributed by atoms with Gasteiger partial charge in [-0.3, -0.25) is 4.79 Å². The molecule has 2 atom stereocenters. The zero-order chi connectivity index (χ0) is 23.5. The number of quaternary nitrogens is 1. The molecule has 0 aliphatic carbocycles. The molecule has 0 fully saturated rings. The molecule has 0 bridgehead atoms. The van der Waals surface area contributed by atoms with Crippen LogP contribution in [-0.4, -0.2) is 35.0 Å². The van der Waals surface area contributed by atoms with Gasteiger partial charge in [-0.2, -0.15) is 0 Å². The topological polar surface area (TPSA) is 80.4 Å². The standard InChI is InChI=1S/C23H28F2N2O3Si/c1-23(2,3)27(12-13-7-9-15(24)16(25)11-13)19(21(26)29)14-8-10-17(28)20(31(4,5)6)18(14)22(27)30/h7-11,19H,12H2,1-6H3,(H2-,26,28,29)/p+1. The van der Waals surface area contributed by atoms with Gasteiger partial charge in [-0.15, -0.1) is 0 Å². The van der Waals surface area contributed by atoms with Crippen LogP contribution in [0.1, 0.15) is 48.3 Å². The van der Waals surface area contributed by atoms with Crippen molar-refractivity contribution < 1.29 is 28.0 Å². The Kier molecular flexibility index (Phi) is 5.39. The van der Waals surface area contributed by atoms with Gasteiger partial charge in [0.05, 0.1) is 19.2 Å². The number of carbonyl (C=O) groups is 2. The Balaban J connectivity index is 2.36. The third-order valence-corrected chi connectivity index (χ3v) is 8.17. The van der Waals surface area contributed by atoms with Crippen LogP contribution in [0.4, 0.5) is 8.78 Å². The molecular formula is C23H29F2N2O3Si+. The number of benzene rings is 2. The molecule has 3 rings (SSSR count). The fourth-order valence-corrected chi connectivity index (χ4v) is 6.62. The van der Waals surface area contributed by atoms with E-state index in [4.69, 9.17) is 5.73 Å². The molecule has 0 saturated heterocycles. The monoisotopic (exact) mass is 447 g/mol. The molecule has 0 saturated carbocycles. The number of nitrogens with two attached hydrogens (primary N) is 1. The Hall–Kier alpha value is -2.58. The van der Waals surface area contributed by atoms with Crippen LogP contribution in [-0.2, 0) is 11.3 Å². The lowest BCUT2D eigenvalue weighted by Gasteiger charge is -2.46. The molecule has 2 amide bonds. The maximum atomic E-state index is 14.2. The number of phenols is 1. The van der Waals surface area contributed by atoms with E-state index in [1.165, 1.54) is 12.1 Å². The third kappa shape index (κ3) is 3.47. The molecule has 1 heterocycles. The van der Waals surface area contributed by atoms with Crippen LogP contribution in [0.3, 0.4) is 0 Å². The summed E-state index contributed by atoms with van der Waals surface area (Å²) in [6.07, 6.45) is 0. The number of hydrogen-bond acceptors (Lipinski definition) is 3. The predicted molar refractivity (Wildman–Crippen MR) is 117 cm³/mol. The first-order chi connectivity index (χ1) is 14.1. The zero-order valence-electron chi connectivity index (χ0n) is 18.7. The van der Waals surface area contributed by atoms with Crippen molar-refractivity contribution in [2.75, 3.05) is 0 Å². The lowest BCUT2D eigenvalue weighted by Crippen LogP contribution is -2.64. The second kappa shape index (κ2) is 7.24. The van der Waals surface area contributed by atoms with Gasteiger partial charge >= 0.3 is 5.91 Å². The summed E-state index contributed by atoms with van der Waals surface area (Å²) in [5, 5.41) is 11.2. The van der Waals surface area contributed by atoms with E-state index in [0.717, 1.165) is 12.1 Å². The van der Waals surface area contributed by atoms with Gasteiger partial charge in [0.1, 0.15) is 12.3 Å². The van der Waals surface area contributed by atoms with Gasteiger partial charge in [-0.25, -0.2) is 18.1 Å². The minimum atomic E-state index is -2.21. The van der Waals surface area contributed by atoms with Crippen LogP contribution in [0.5, 0.6) is 5.75 Å². The van der Waals surface area contributed by atoms with Crippen LogP contribution in [0.25, 0.3) is 0 Å². The van der Waals surface area contributed by atoms with E-state index in [1.807, 2.05) is 40.4 Å². The molecule has 166 valence electrons. The van der Waals surface area contributed by atoms with E-state index in [1.54, 1.807) is 6.07 Å². The first-order valence-corrected chi connectivity index (χ1v) is 13.6. The SMILES string of the molecule is CC(C)(C)[N+]1(Cc2ccc(F)c(F)c2)C(=O)c2c(ccc(O)c2[Si](C)(C)C)C1C(N)=O. The Morgan fingerprint density at radius 3 is 2.23 bits per heavy atom. The molecule has 1 aliphatic rings. The normalized spacial score (nSPS) is 21.3. The number of rotatable bonds is 4. The number of halogens is 2. The van der Waals surface area contributed by atoms with Crippen molar-refractivity contribution in [3.8, 4) is 5.75 Å². The molecule has 2 unspecified atom stereocenters. The van der Waals surface area contributed by atoms with Crippen LogP contribution in [0, 0.1) is 11.6 Å². The van der Waals surface area contributed by atoms with Gasteiger partial charge in [0.2, 0.25) is 6.04 Å². The largest absolute Gasteiger partial charge is 0.508 e. The number of primary amides is 1. The Morgan fingerprint density at radius 2 is 1.74 bits per heavy atom. The van der Waals surface area contributed by atoms with Gasteiger partial charge < -0.3 is 10.8 Å². The van der Waals surface area contributed by atoms with Gasteiger partial charge in [-0.1, -0.05) is 25.7 Å². The molecule has 1 aliphatic heterocycles. The first-order valence-electron chi connectivity index (χ1n) is 10.1. The van der Waals surface area contributed by atoms with Crippen molar-refractivity contribution in [2.24, 2.45) is 5.73 Å². The van der Waals surface area contributed by atoms with Gasteiger partial charge in [-0.05, 0) is 50.2 Å². The highest BCUT2D eigenvalue weighted by Gasteiger charge is 2.63. The highest BCUT2D eigenvalue weighted by Crippen LogP contribution is 2.48. The fourth-order valence-electron chi connectivity index (χ4n) is 4.77. The van der Waals surface area contributed by atoms with Crippen molar-refractivity contribution in [1.29, 1.82) is 0 Å². The van der Waals surface area contributed by atoms with Crippen LogP contribution >= 0.6 is 0 Å². The zero-order valence-corrected chi connectivity index (χ0v) is 19.7. The van der Waals surface area contributed by atoms with Crippen molar-refractivity contribution in [3.63, 3.8) is 0 Å². The fraction of sp³-hybridized carbons (Fsp3) is 0.391. The molecule has 0 spiro atoms. The number of phenolic OH excluding ortho intramolecular Hbond substituents is 1. The summed E-state index contributed by atoms with van der Waals surface area (Å²) in [7, 11) is -2.21. The number of hydrogen-bond donors (Lipinski definition) is 2. The minimum Gasteiger partial charge on any atom is -0.508 e. The van der Waals surface area contributed by atoms with Crippen molar-refractivity contribution in [3.05, 3.63) is 58.7 Å². The second-order valence-electron chi connectivity index (χ2n) is 10.2. The smallest absolute Gasteiger partial charge is 0.348 e. The number of nitrogens with zero attached hydrogens (tertiary/aromatic N) is 1. The molecule has 31 heavy (non-hydrogen) atoms. The summed E-state index contributed by atoms with van der Waals surface area (Å²) in [6.45, 7) is 11.4. The minimum absolute atomic E-state index is 0.0243. The Labute approximate surface area is 182 Å².